The Bertz CT molecular complexity index is 494. The number of rotatable bonds is 3. The minimum atomic E-state index is 0.526. The van der Waals surface area contributed by atoms with Crippen molar-refractivity contribution in [3.05, 3.63) is 41.0 Å². The van der Waals surface area contributed by atoms with Crippen molar-refractivity contribution in [2.75, 3.05) is 5.32 Å². The Hall–Kier alpha value is -1.13. The molecule has 1 aliphatic rings. The summed E-state index contributed by atoms with van der Waals surface area (Å²) >= 11 is 7.59. The SMILES string of the molecule is Clc1ccccc1C1CC(Nc2cnns2)C1. The Labute approximate surface area is 109 Å². The zero-order valence-electron chi connectivity index (χ0n) is 9.14. The number of benzene rings is 1. The number of aromatic nitrogens is 2. The number of anilines is 1. The van der Waals surface area contributed by atoms with Crippen LogP contribution in [0, 0.1) is 0 Å². The van der Waals surface area contributed by atoms with Gasteiger partial charge in [-0.2, -0.15) is 0 Å². The lowest BCUT2D eigenvalue weighted by Gasteiger charge is -2.36. The Morgan fingerprint density at radius 3 is 2.82 bits per heavy atom. The summed E-state index contributed by atoms with van der Waals surface area (Å²) in [6, 6.07) is 8.64. The number of hydrogen-bond acceptors (Lipinski definition) is 4. The topological polar surface area (TPSA) is 37.8 Å². The average molecular weight is 266 g/mol. The van der Waals surface area contributed by atoms with Crippen LogP contribution in [0.5, 0.6) is 0 Å². The fourth-order valence-corrected chi connectivity index (χ4v) is 3.01. The third-order valence-corrected chi connectivity index (χ3v) is 4.13. The van der Waals surface area contributed by atoms with Crippen LogP contribution < -0.4 is 5.32 Å². The fraction of sp³-hybridized carbons (Fsp3) is 0.333. The van der Waals surface area contributed by atoms with Gasteiger partial charge in [-0.25, -0.2) is 0 Å². The molecular weight excluding hydrogens is 254 g/mol. The average Bonchev–Trinajstić information content (AvgIpc) is 2.77. The van der Waals surface area contributed by atoms with Crippen molar-refractivity contribution in [3.8, 4) is 0 Å². The lowest BCUT2D eigenvalue weighted by Crippen LogP contribution is -2.33. The normalized spacial score (nSPS) is 23.1. The van der Waals surface area contributed by atoms with Gasteiger partial charge in [0.25, 0.3) is 0 Å². The molecule has 2 aromatic rings. The molecule has 1 aliphatic carbocycles. The predicted molar refractivity (Wildman–Crippen MR) is 70.7 cm³/mol. The Balaban J connectivity index is 1.60. The molecule has 0 aliphatic heterocycles. The number of nitrogens with zero attached hydrogens (tertiary/aromatic N) is 2. The predicted octanol–water partition coefficient (Wildman–Crippen LogP) is 3.55. The summed E-state index contributed by atoms with van der Waals surface area (Å²) < 4.78 is 3.83. The highest BCUT2D eigenvalue weighted by Crippen LogP contribution is 2.41. The van der Waals surface area contributed by atoms with Gasteiger partial charge in [0.05, 0.1) is 6.20 Å². The Morgan fingerprint density at radius 1 is 1.29 bits per heavy atom. The van der Waals surface area contributed by atoms with Gasteiger partial charge in [0.2, 0.25) is 0 Å². The van der Waals surface area contributed by atoms with E-state index < -0.39 is 0 Å². The number of nitrogens with one attached hydrogen (secondary N) is 1. The first kappa shape index (κ1) is 11.0. The van der Waals surface area contributed by atoms with Crippen molar-refractivity contribution in [2.24, 2.45) is 0 Å². The molecule has 0 radical (unpaired) electrons. The second-order valence-electron chi connectivity index (χ2n) is 4.31. The molecule has 1 saturated carbocycles. The van der Waals surface area contributed by atoms with Crippen molar-refractivity contribution in [3.63, 3.8) is 0 Å². The summed E-state index contributed by atoms with van der Waals surface area (Å²) in [4.78, 5) is 0. The highest BCUT2D eigenvalue weighted by molar-refractivity contribution is 7.09. The lowest BCUT2D eigenvalue weighted by atomic mass is 9.76. The summed E-state index contributed by atoms with van der Waals surface area (Å²) in [5.41, 5.74) is 1.27. The van der Waals surface area contributed by atoms with Crippen LogP contribution in [0.15, 0.2) is 30.5 Å². The molecule has 5 heteroatoms. The van der Waals surface area contributed by atoms with E-state index >= 15 is 0 Å². The first-order valence-corrected chi connectivity index (χ1v) is 6.76. The van der Waals surface area contributed by atoms with E-state index in [1.54, 1.807) is 6.20 Å². The van der Waals surface area contributed by atoms with E-state index in [9.17, 15) is 0 Å². The van der Waals surface area contributed by atoms with Crippen LogP contribution in [0.1, 0.15) is 24.3 Å². The molecule has 1 fully saturated rings. The highest BCUT2D eigenvalue weighted by Gasteiger charge is 2.31. The third-order valence-electron chi connectivity index (χ3n) is 3.19. The molecule has 1 aromatic heterocycles. The quantitative estimate of drug-likeness (QED) is 0.922. The molecule has 0 unspecified atom stereocenters. The van der Waals surface area contributed by atoms with E-state index in [1.807, 2.05) is 12.1 Å². The van der Waals surface area contributed by atoms with Gasteiger partial charge in [-0.05, 0) is 30.4 Å². The molecule has 3 nitrogen and oxygen atoms in total. The van der Waals surface area contributed by atoms with Crippen LogP contribution in [-0.2, 0) is 0 Å². The van der Waals surface area contributed by atoms with Crippen molar-refractivity contribution < 1.29 is 0 Å². The molecular formula is C12H12ClN3S. The maximum atomic E-state index is 6.18. The molecule has 17 heavy (non-hydrogen) atoms. The van der Waals surface area contributed by atoms with Gasteiger partial charge in [-0.3, -0.25) is 0 Å². The van der Waals surface area contributed by atoms with Gasteiger partial charge in [-0.15, -0.1) is 5.10 Å². The molecule has 1 aromatic carbocycles. The summed E-state index contributed by atoms with van der Waals surface area (Å²) in [5.74, 6) is 0.585. The molecule has 0 spiro atoms. The Kier molecular flexibility index (Phi) is 2.99. The minimum Gasteiger partial charge on any atom is -0.372 e. The van der Waals surface area contributed by atoms with Crippen molar-refractivity contribution in [1.29, 1.82) is 0 Å². The zero-order chi connectivity index (χ0) is 11.7. The van der Waals surface area contributed by atoms with E-state index in [0.717, 1.165) is 22.9 Å². The molecule has 1 heterocycles. The zero-order valence-corrected chi connectivity index (χ0v) is 10.7. The van der Waals surface area contributed by atoms with E-state index in [4.69, 9.17) is 11.6 Å². The fourth-order valence-electron chi connectivity index (χ4n) is 2.23. The van der Waals surface area contributed by atoms with Crippen molar-refractivity contribution in [2.45, 2.75) is 24.8 Å². The smallest absolute Gasteiger partial charge is 0.130 e. The van der Waals surface area contributed by atoms with E-state index in [1.165, 1.54) is 17.1 Å². The molecule has 1 N–H and O–H groups in total. The third kappa shape index (κ3) is 2.28. The van der Waals surface area contributed by atoms with Crippen LogP contribution in [0.3, 0.4) is 0 Å². The number of halogens is 1. The van der Waals surface area contributed by atoms with E-state index in [2.05, 4.69) is 27.0 Å². The van der Waals surface area contributed by atoms with Gasteiger partial charge in [0.1, 0.15) is 5.00 Å². The second kappa shape index (κ2) is 4.63. The monoisotopic (exact) mass is 265 g/mol. The largest absolute Gasteiger partial charge is 0.372 e. The summed E-state index contributed by atoms with van der Waals surface area (Å²) in [6.07, 6.45) is 4.02. The standard InChI is InChI=1S/C12H12ClN3S/c13-11-4-2-1-3-10(11)8-5-9(6-8)15-12-7-14-16-17-12/h1-4,7-9,15H,5-6H2. The summed E-state index contributed by atoms with van der Waals surface area (Å²) in [6.45, 7) is 0. The second-order valence-corrected chi connectivity index (χ2v) is 5.51. The van der Waals surface area contributed by atoms with Crippen LogP contribution in [0.2, 0.25) is 5.02 Å². The first-order valence-electron chi connectivity index (χ1n) is 5.61. The summed E-state index contributed by atoms with van der Waals surface area (Å²) in [7, 11) is 0. The van der Waals surface area contributed by atoms with Gasteiger partial charge in [0, 0.05) is 22.6 Å². The van der Waals surface area contributed by atoms with Crippen LogP contribution >= 0.6 is 23.1 Å². The van der Waals surface area contributed by atoms with E-state index in [-0.39, 0.29) is 0 Å². The maximum Gasteiger partial charge on any atom is 0.130 e. The van der Waals surface area contributed by atoms with Crippen LogP contribution in [0.4, 0.5) is 5.00 Å². The van der Waals surface area contributed by atoms with E-state index in [0.29, 0.717) is 12.0 Å². The van der Waals surface area contributed by atoms with Crippen molar-refractivity contribution >= 4 is 28.1 Å². The molecule has 88 valence electrons. The van der Waals surface area contributed by atoms with Gasteiger partial charge in [0.15, 0.2) is 0 Å². The molecule has 0 amide bonds. The van der Waals surface area contributed by atoms with Crippen molar-refractivity contribution in [1.82, 2.24) is 9.59 Å². The maximum absolute atomic E-state index is 6.18. The lowest BCUT2D eigenvalue weighted by molar-refractivity contribution is 0.375. The van der Waals surface area contributed by atoms with Gasteiger partial charge >= 0.3 is 0 Å². The van der Waals surface area contributed by atoms with Crippen LogP contribution in [-0.4, -0.2) is 15.6 Å². The molecule has 0 atom stereocenters. The molecule has 0 saturated heterocycles. The number of hydrogen-bond donors (Lipinski definition) is 1. The van der Waals surface area contributed by atoms with Gasteiger partial charge < -0.3 is 5.32 Å². The van der Waals surface area contributed by atoms with Crippen LogP contribution in [0.25, 0.3) is 0 Å². The molecule has 0 bridgehead atoms. The highest BCUT2D eigenvalue weighted by atomic mass is 35.5. The minimum absolute atomic E-state index is 0.526. The first-order chi connectivity index (χ1) is 8.33. The Morgan fingerprint density at radius 2 is 2.12 bits per heavy atom. The molecule has 3 rings (SSSR count). The van der Waals surface area contributed by atoms with Gasteiger partial charge in [-0.1, -0.05) is 34.3 Å². The summed E-state index contributed by atoms with van der Waals surface area (Å²) in [5, 5.41) is 9.17.